The molecule has 2 amide bonds. The van der Waals surface area contributed by atoms with Crippen molar-refractivity contribution in [3.8, 4) is 0 Å². The highest BCUT2D eigenvalue weighted by molar-refractivity contribution is 5.85. The Kier molecular flexibility index (Phi) is 8.08. The molecule has 0 aliphatic rings. The summed E-state index contributed by atoms with van der Waals surface area (Å²) in [4.78, 5) is 25.7. The lowest BCUT2D eigenvalue weighted by Crippen LogP contribution is -2.48. The maximum absolute atomic E-state index is 13.3. The molecule has 0 atom stereocenters. The molecular weight excluding hydrogens is 432 g/mol. The molecule has 0 bridgehead atoms. The van der Waals surface area contributed by atoms with Crippen molar-refractivity contribution in [3.05, 3.63) is 144 Å². The molecule has 4 aromatic carbocycles. The summed E-state index contributed by atoms with van der Waals surface area (Å²) in [6.07, 6.45) is 0.998. The zero-order valence-electron chi connectivity index (χ0n) is 19.7. The minimum atomic E-state index is -0.870. The van der Waals surface area contributed by atoms with Crippen LogP contribution in [0.5, 0.6) is 0 Å². The molecule has 0 aliphatic carbocycles. The van der Waals surface area contributed by atoms with E-state index >= 15 is 0 Å². The standard InChI is InChI=1S/C31H30N2O2/c34-29(32-24-23-25-13-5-1-6-14-25)21-22-30(35)33-31(26-15-7-2-8-16-26,27-17-9-3-10-18-27)28-19-11-4-12-20-28/h1-20H,21-24H2,(H,32,34)(H,33,35). The number of hydrogen-bond donors (Lipinski definition) is 2. The van der Waals surface area contributed by atoms with Gasteiger partial charge >= 0.3 is 0 Å². The second kappa shape index (κ2) is 11.8. The molecule has 4 rings (SSSR count). The van der Waals surface area contributed by atoms with E-state index in [1.165, 1.54) is 5.56 Å². The Morgan fingerprint density at radius 3 is 1.40 bits per heavy atom. The first-order valence-corrected chi connectivity index (χ1v) is 12.0. The number of carbonyl (C=O) groups is 2. The van der Waals surface area contributed by atoms with Crippen LogP contribution in [0.25, 0.3) is 0 Å². The second-order valence-corrected chi connectivity index (χ2v) is 8.48. The predicted molar refractivity (Wildman–Crippen MR) is 140 cm³/mol. The molecule has 0 aliphatic heterocycles. The van der Waals surface area contributed by atoms with Crippen molar-refractivity contribution in [1.82, 2.24) is 10.6 Å². The first-order chi connectivity index (χ1) is 17.2. The summed E-state index contributed by atoms with van der Waals surface area (Å²) in [6.45, 7) is 0.548. The van der Waals surface area contributed by atoms with E-state index in [2.05, 4.69) is 10.6 Å². The third-order valence-corrected chi connectivity index (χ3v) is 6.11. The number of hydrogen-bond acceptors (Lipinski definition) is 2. The number of carbonyl (C=O) groups excluding carboxylic acids is 2. The van der Waals surface area contributed by atoms with E-state index in [-0.39, 0.29) is 24.7 Å². The molecule has 0 fully saturated rings. The zero-order chi connectivity index (χ0) is 24.3. The van der Waals surface area contributed by atoms with Gasteiger partial charge in [0.1, 0.15) is 5.54 Å². The van der Waals surface area contributed by atoms with Crippen molar-refractivity contribution in [2.24, 2.45) is 0 Å². The SMILES string of the molecule is O=C(CCC(=O)NC(c1ccccc1)(c1ccccc1)c1ccccc1)NCCc1ccccc1. The van der Waals surface area contributed by atoms with Crippen LogP contribution in [0.15, 0.2) is 121 Å². The van der Waals surface area contributed by atoms with Crippen molar-refractivity contribution in [1.29, 1.82) is 0 Å². The topological polar surface area (TPSA) is 58.2 Å². The largest absolute Gasteiger partial charge is 0.356 e. The summed E-state index contributed by atoms with van der Waals surface area (Å²) in [5, 5.41) is 6.22. The van der Waals surface area contributed by atoms with Crippen LogP contribution >= 0.6 is 0 Å². The highest BCUT2D eigenvalue weighted by atomic mass is 16.2. The fourth-order valence-electron chi connectivity index (χ4n) is 4.36. The Balaban J connectivity index is 1.50. The maximum atomic E-state index is 13.3. The summed E-state index contributed by atoms with van der Waals surface area (Å²) in [7, 11) is 0. The summed E-state index contributed by atoms with van der Waals surface area (Å²) in [5.41, 5.74) is 3.17. The van der Waals surface area contributed by atoms with Gasteiger partial charge in [0.25, 0.3) is 0 Å². The van der Waals surface area contributed by atoms with Crippen LogP contribution in [0, 0.1) is 0 Å². The van der Waals surface area contributed by atoms with Gasteiger partial charge in [0.15, 0.2) is 0 Å². The number of rotatable bonds is 10. The first kappa shape index (κ1) is 24.0. The lowest BCUT2D eigenvalue weighted by Gasteiger charge is -2.37. The molecule has 0 saturated carbocycles. The van der Waals surface area contributed by atoms with E-state index in [1.54, 1.807) is 0 Å². The average Bonchev–Trinajstić information content (AvgIpc) is 2.93. The Morgan fingerprint density at radius 1 is 0.543 bits per heavy atom. The molecule has 0 saturated heterocycles. The van der Waals surface area contributed by atoms with Crippen LogP contribution < -0.4 is 10.6 Å². The van der Waals surface area contributed by atoms with E-state index in [9.17, 15) is 9.59 Å². The average molecular weight is 463 g/mol. The van der Waals surface area contributed by atoms with Gasteiger partial charge in [0.2, 0.25) is 11.8 Å². The van der Waals surface area contributed by atoms with Crippen molar-refractivity contribution < 1.29 is 9.59 Å². The normalized spacial score (nSPS) is 11.0. The van der Waals surface area contributed by atoms with Crippen LogP contribution in [-0.4, -0.2) is 18.4 Å². The van der Waals surface area contributed by atoms with Crippen LogP contribution in [-0.2, 0) is 21.5 Å². The summed E-state index contributed by atoms with van der Waals surface area (Å²) in [6, 6.07) is 39.9. The molecule has 2 N–H and O–H groups in total. The minimum absolute atomic E-state index is 0.103. The number of nitrogens with one attached hydrogen (secondary N) is 2. The van der Waals surface area contributed by atoms with Gasteiger partial charge < -0.3 is 10.6 Å². The Hall–Kier alpha value is -4.18. The molecule has 35 heavy (non-hydrogen) atoms. The Labute approximate surface area is 207 Å². The molecular formula is C31H30N2O2. The molecule has 0 aromatic heterocycles. The van der Waals surface area contributed by atoms with E-state index in [0.29, 0.717) is 6.54 Å². The van der Waals surface area contributed by atoms with Crippen LogP contribution in [0.4, 0.5) is 0 Å². The zero-order valence-corrected chi connectivity index (χ0v) is 19.7. The van der Waals surface area contributed by atoms with Gasteiger partial charge in [-0.2, -0.15) is 0 Å². The lowest BCUT2D eigenvalue weighted by atomic mass is 9.77. The lowest BCUT2D eigenvalue weighted by molar-refractivity contribution is -0.127. The van der Waals surface area contributed by atoms with Crippen molar-refractivity contribution in [3.63, 3.8) is 0 Å². The third kappa shape index (κ3) is 6.04. The Morgan fingerprint density at radius 2 is 0.943 bits per heavy atom. The van der Waals surface area contributed by atoms with Gasteiger partial charge in [-0.3, -0.25) is 9.59 Å². The van der Waals surface area contributed by atoms with Gasteiger partial charge in [-0.15, -0.1) is 0 Å². The van der Waals surface area contributed by atoms with Crippen LogP contribution in [0.1, 0.15) is 35.1 Å². The summed E-state index contributed by atoms with van der Waals surface area (Å²) >= 11 is 0. The highest BCUT2D eigenvalue weighted by Gasteiger charge is 2.37. The van der Waals surface area contributed by atoms with Gasteiger partial charge in [0.05, 0.1) is 0 Å². The quantitative estimate of drug-likeness (QED) is 0.317. The van der Waals surface area contributed by atoms with Gasteiger partial charge in [-0.05, 0) is 28.7 Å². The van der Waals surface area contributed by atoms with Gasteiger partial charge in [-0.1, -0.05) is 121 Å². The van der Waals surface area contributed by atoms with Gasteiger partial charge in [-0.25, -0.2) is 0 Å². The highest BCUT2D eigenvalue weighted by Crippen LogP contribution is 2.36. The van der Waals surface area contributed by atoms with Crippen LogP contribution in [0.3, 0.4) is 0 Å². The monoisotopic (exact) mass is 462 g/mol. The fourth-order valence-corrected chi connectivity index (χ4v) is 4.36. The third-order valence-electron chi connectivity index (χ3n) is 6.11. The molecule has 0 heterocycles. The van der Waals surface area contributed by atoms with E-state index in [1.807, 2.05) is 121 Å². The molecule has 0 unspecified atom stereocenters. The predicted octanol–water partition coefficient (Wildman–Crippen LogP) is 5.23. The smallest absolute Gasteiger partial charge is 0.221 e. The van der Waals surface area contributed by atoms with E-state index in [0.717, 1.165) is 23.1 Å². The Bertz CT molecular complexity index is 1110. The molecule has 4 heteroatoms. The first-order valence-electron chi connectivity index (χ1n) is 12.0. The molecule has 4 aromatic rings. The van der Waals surface area contributed by atoms with Crippen molar-refractivity contribution in [2.75, 3.05) is 6.54 Å². The molecule has 0 radical (unpaired) electrons. The van der Waals surface area contributed by atoms with E-state index < -0.39 is 5.54 Å². The van der Waals surface area contributed by atoms with E-state index in [4.69, 9.17) is 0 Å². The number of amides is 2. The minimum Gasteiger partial charge on any atom is -0.356 e. The van der Waals surface area contributed by atoms with Gasteiger partial charge in [0, 0.05) is 19.4 Å². The summed E-state index contributed by atoms with van der Waals surface area (Å²) in [5.74, 6) is -0.305. The molecule has 176 valence electrons. The molecule has 0 spiro atoms. The second-order valence-electron chi connectivity index (χ2n) is 8.48. The van der Waals surface area contributed by atoms with Crippen molar-refractivity contribution in [2.45, 2.75) is 24.8 Å². The number of benzene rings is 4. The molecule has 4 nitrogen and oxygen atoms in total. The summed E-state index contributed by atoms with van der Waals surface area (Å²) < 4.78 is 0. The van der Waals surface area contributed by atoms with Crippen LogP contribution in [0.2, 0.25) is 0 Å². The van der Waals surface area contributed by atoms with Crippen molar-refractivity contribution >= 4 is 11.8 Å². The maximum Gasteiger partial charge on any atom is 0.221 e. The fraction of sp³-hybridized carbons (Fsp3) is 0.161.